The van der Waals surface area contributed by atoms with Crippen LogP contribution in [0.15, 0.2) is 47.4 Å². The van der Waals surface area contributed by atoms with Crippen molar-refractivity contribution in [2.45, 2.75) is 11.5 Å². The fourth-order valence-electron chi connectivity index (χ4n) is 1.85. The lowest BCUT2D eigenvalue weighted by atomic mass is 10.2. The Kier molecular flexibility index (Phi) is 4.44. The Morgan fingerprint density at radius 3 is 2.67 bits per heavy atom. The molecule has 0 amide bonds. The molecule has 21 heavy (non-hydrogen) atoms. The number of methoxy groups -OCH3 is 1. The first-order valence-corrected chi connectivity index (χ1v) is 7.57. The average molecular weight is 310 g/mol. The van der Waals surface area contributed by atoms with Gasteiger partial charge >= 0.3 is 0 Å². The zero-order chi connectivity index (χ0) is 15.5. The highest BCUT2D eigenvalue weighted by Crippen LogP contribution is 2.24. The predicted molar refractivity (Wildman–Crippen MR) is 78.8 cm³/mol. The molecule has 0 radical (unpaired) electrons. The van der Waals surface area contributed by atoms with Crippen LogP contribution in [0.4, 0.5) is 15.8 Å². The number of ether oxygens (including phenoxy) is 1. The predicted octanol–water partition coefficient (Wildman–Crippen LogP) is 2.36. The Morgan fingerprint density at radius 2 is 1.95 bits per heavy atom. The first-order valence-electron chi connectivity index (χ1n) is 6.09. The van der Waals surface area contributed by atoms with Gasteiger partial charge in [-0.25, -0.2) is 12.8 Å². The second kappa shape index (κ2) is 6.11. The standard InChI is InChI=1S/C14H15FN2O3S/c1-20-9-10-4-2-5-11(8-10)17-21(18,19)13-7-3-6-12(15)14(13)16/h2-8,17H,9,16H2,1H3. The van der Waals surface area contributed by atoms with E-state index in [4.69, 9.17) is 10.5 Å². The van der Waals surface area contributed by atoms with E-state index < -0.39 is 21.5 Å². The highest BCUT2D eigenvalue weighted by molar-refractivity contribution is 7.92. The molecule has 5 nitrogen and oxygen atoms in total. The maximum atomic E-state index is 13.4. The fraction of sp³-hybridized carbons (Fsp3) is 0.143. The lowest BCUT2D eigenvalue weighted by Gasteiger charge is -2.11. The zero-order valence-corrected chi connectivity index (χ0v) is 12.2. The second-order valence-electron chi connectivity index (χ2n) is 4.39. The van der Waals surface area contributed by atoms with Gasteiger partial charge in [0, 0.05) is 12.8 Å². The number of hydrogen-bond acceptors (Lipinski definition) is 4. The maximum Gasteiger partial charge on any atom is 0.264 e. The number of nitrogens with two attached hydrogens (primary N) is 1. The summed E-state index contributed by atoms with van der Waals surface area (Å²) in [5.41, 5.74) is 6.25. The summed E-state index contributed by atoms with van der Waals surface area (Å²) in [6.45, 7) is 0.359. The van der Waals surface area contributed by atoms with E-state index in [2.05, 4.69) is 4.72 Å². The van der Waals surface area contributed by atoms with Crippen molar-refractivity contribution in [3.63, 3.8) is 0 Å². The highest BCUT2D eigenvalue weighted by atomic mass is 32.2. The normalized spacial score (nSPS) is 11.3. The van der Waals surface area contributed by atoms with Gasteiger partial charge in [0.05, 0.1) is 12.3 Å². The summed E-state index contributed by atoms with van der Waals surface area (Å²) in [6.07, 6.45) is 0. The molecule has 3 N–H and O–H groups in total. The molecule has 2 aromatic rings. The summed E-state index contributed by atoms with van der Waals surface area (Å²) in [5.74, 6) is -0.772. The largest absolute Gasteiger partial charge is 0.395 e. The Hall–Kier alpha value is -2.12. The number of rotatable bonds is 5. The quantitative estimate of drug-likeness (QED) is 0.831. The van der Waals surface area contributed by atoms with Crippen molar-refractivity contribution in [1.82, 2.24) is 0 Å². The molecule has 0 saturated heterocycles. The number of halogens is 1. The van der Waals surface area contributed by atoms with Crippen LogP contribution < -0.4 is 10.5 Å². The number of nitrogens with one attached hydrogen (secondary N) is 1. The van der Waals surface area contributed by atoms with Gasteiger partial charge in [0.1, 0.15) is 10.7 Å². The van der Waals surface area contributed by atoms with Gasteiger partial charge in [-0.2, -0.15) is 0 Å². The molecule has 0 heterocycles. The summed E-state index contributed by atoms with van der Waals surface area (Å²) >= 11 is 0. The van der Waals surface area contributed by atoms with E-state index in [0.29, 0.717) is 12.3 Å². The molecule has 7 heteroatoms. The number of nitrogen functional groups attached to an aromatic ring is 1. The number of sulfonamides is 1. The molecular formula is C14H15FN2O3S. The summed E-state index contributed by atoms with van der Waals surface area (Å²) in [6, 6.07) is 10.4. The molecule has 0 aliphatic carbocycles. The van der Waals surface area contributed by atoms with Crippen LogP contribution in [0.1, 0.15) is 5.56 Å². The van der Waals surface area contributed by atoms with E-state index in [1.807, 2.05) is 0 Å². The van der Waals surface area contributed by atoms with Crippen molar-refractivity contribution in [3.8, 4) is 0 Å². The number of anilines is 2. The molecule has 2 aromatic carbocycles. The Bertz CT molecular complexity index is 748. The SMILES string of the molecule is COCc1cccc(NS(=O)(=O)c2cccc(F)c2N)c1. The fourth-order valence-corrected chi connectivity index (χ4v) is 3.04. The van der Waals surface area contributed by atoms with Gasteiger partial charge in [-0.1, -0.05) is 18.2 Å². The third kappa shape index (κ3) is 3.50. The van der Waals surface area contributed by atoms with Crippen molar-refractivity contribution in [1.29, 1.82) is 0 Å². The van der Waals surface area contributed by atoms with Gasteiger partial charge < -0.3 is 10.5 Å². The minimum absolute atomic E-state index is 0.292. The summed E-state index contributed by atoms with van der Waals surface area (Å²) < 4.78 is 45.2. The van der Waals surface area contributed by atoms with Crippen LogP contribution in [-0.4, -0.2) is 15.5 Å². The van der Waals surface area contributed by atoms with Gasteiger partial charge in [0.25, 0.3) is 10.0 Å². The zero-order valence-electron chi connectivity index (χ0n) is 11.3. The van der Waals surface area contributed by atoms with Crippen LogP contribution in [-0.2, 0) is 21.4 Å². The minimum atomic E-state index is -3.95. The molecule has 0 unspecified atom stereocenters. The van der Waals surface area contributed by atoms with Crippen LogP contribution in [0.25, 0.3) is 0 Å². The molecular weight excluding hydrogens is 295 g/mol. The van der Waals surface area contributed by atoms with E-state index >= 15 is 0 Å². The number of para-hydroxylation sites is 1. The van der Waals surface area contributed by atoms with E-state index in [1.54, 1.807) is 31.4 Å². The third-order valence-electron chi connectivity index (χ3n) is 2.79. The van der Waals surface area contributed by atoms with Gasteiger partial charge in [0.2, 0.25) is 0 Å². The number of benzene rings is 2. The Morgan fingerprint density at radius 1 is 1.24 bits per heavy atom. The van der Waals surface area contributed by atoms with Gasteiger partial charge in [-0.15, -0.1) is 0 Å². The molecule has 0 atom stereocenters. The van der Waals surface area contributed by atoms with Crippen molar-refractivity contribution in [2.75, 3.05) is 17.6 Å². The van der Waals surface area contributed by atoms with Crippen molar-refractivity contribution in [3.05, 3.63) is 53.8 Å². The summed E-state index contributed by atoms with van der Waals surface area (Å²) in [4.78, 5) is -0.292. The van der Waals surface area contributed by atoms with Crippen LogP contribution >= 0.6 is 0 Å². The van der Waals surface area contributed by atoms with E-state index in [-0.39, 0.29) is 4.90 Å². The molecule has 0 aliphatic rings. The van der Waals surface area contributed by atoms with Crippen LogP contribution in [0.2, 0.25) is 0 Å². The highest BCUT2D eigenvalue weighted by Gasteiger charge is 2.19. The second-order valence-corrected chi connectivity index (χ2v) is 6.04. The average Bonchev–Trinajstić information content (AvgIpc) is 2.42. The Balaban J connectivity index is 2.33. The first-order chi connectivity index (χ1) is 9.94. The molecule has 2 rings (SSSR count). The van der Waals surface area contributed by atoms with Crippen LogP contribution in [0.3, 0.4) is 0 Å². The van der Waals surface area contributed by atoms with Gasteiger partial charge in [-0.3, -0.25) is 4.72 Å². The van der Waals surface area contributed by atoms with Crippen molar-refractivity contribution < 1.29 is 17.5 Å². The van der Waals surface area contributed by atoms with Gasteiger partial charge in [-0.05, 0) is 29.8 Å². The molecule has 112 valence electrons. The minimum Gasteiger partial charge on any atom is -0.395 e. The first kappa shape index (κ1) is 15.3. The maximum absolute atomic E-state index is 13.4. The van der Waals surface area contributed by atoms with Gasteiger partial charge in [0.15, 0.2) is 0 Å². The van der Waals surface area contributed by atoms with E-state index in [9.17, 15) is 12.8 Å². The summed E-state index contributed by atoms with van der Waals surface area (Å²) in [5, 5.41) is 0. The monoisotopic (exact) mass is 310 g/mol. The van der Waals surface area contributed by atoms with Crippen molar-refractivity contribution >= 4 is 21.4 Å². The van der Waals surface area contributed by atoms with E-state index in [0.717, 1.165) is 11.6 Å². The topological polar surface area (TPSA) is 81.4 Å². The van der Waals surface area contributed by atoms with Crippen LogP contribution in [0, 0.1) is 5.82 Å². The van der Waals surface area contributed by atoms with Crippen LogP contribution in [0.5, 0.6) is 0 Å². The molecule has 0 aliphatic heterocycles. The lowest BCUT2D eigenvalue weighted by Crippen LogP contribution is -2.15. The molecule has 0 fully saturated rings. The van der Waals surface area contributed by atoms with E-state index in [1.165, 1.54) is 12.1 Å². The molecule has 0 aromatic heterocycles. The molecule has 0 bridgehead atoms. The van der Waals surface area contributed by atoms with Crippen molar-refractivity contribution in [2.24, 2.45) is 0 Å². The third-order valence-corrected chi connectivity index (χ3v) is 4.23. The molecule has 0 saturated carbocycles. The lowest BCUT2D eigenvalue weighted by molar-refractivity contribution is 0.185. The molecule has 0 spiro atoms. The smallest absolute Gasteiger partial charge is 0.264 e. The number of hydrogen-bond donors (Lipinski definition) is 2. The Labute approximate surface area is 122 Å². The summed E-state index contributed by atoms with van der Waals surface area (Å²) in [7, 11) is -2.41.